The number of aliphatic hydroxyl groups is 2. The van der Waals surface area contributed by atoms with Gasteiger partial charge in [0.25, 0.3) is 0 Å². The van der Waals surface area contributed by atoms with Crippen LogP contribution in [0.3, 0.4) is 0 Å². The Hall–Kier alpha value is -1.07. The average Bonchev–Trinajstić information content (AvgIpc) is 3.33. The van der Waals surface area contributed by atoms with Gasteiger partial charge in [-0.3, -0.25) is 4.90 Å². The van der Waals surface area contributed by atoms with E-state index in [1.165, 1.54) is 25.7 Å². The molecule has 0 bridgehead atoms. The molecular weight excluding hydrogens is 620 g/mol. The van der Waals surface area contributed by atoms with Crippen molar-refractivity contribution in [3.05, 3.63) is 18.4 Å². The summed E-state index contributed by atoms with van der Waals surface area (Å²) in [6.07, 6.45) is 11.1. The second-order valence-electron chi connectivity index (χ2n) is 19.2. The summed E-state index contributed by atoms with van der Waals surface area (Å²) in [5, 5.41) is 23.7. The molecule has 3 heterocycles. The summed E-state index contributed by atoms with van der Waals surface area (Å²) >= 11 is 0. The van der Waals surface area contributed by atoms with Crippen LogP contribution < -0.4 is 0 Å². The minimum atomic E-state index is -1.02. The van der Waals surface area contributed by atoms with Gasteiger partial charge in [0.05, 0.1) is 55.9 Å². The van der Waals surface area contributed by atoms with Crippen molar-refractivity contribution in [2.45, 2.75) is 156 Å². The monoisotopic (exact) mass is 684 g/mol. The molecular formula is C40H64N2O7. The number of nitrogens with zero attached hydrogens (tertiary/aromatic N) is 2. The van der Waals surface area contributed by atoms with Crippen molar-refractivity contribution in [3.8, 4) is 0 Å². The quantitative estimate of drug-likeness (QED) is 0.331. The van der Waals surface area contributed by atoms with Gasteiger partial charge >= 0.3 is 0 Å². The van der Waals surface area contributed by atoms with Crippen LogP contribution in [-0.4, -0.2) is 88.8 Å². The lowest BCUT2D eigenvalue weighted by Crippen LogP contribution is -2.60. The Morgan fingerprint density at radius 2 is 1.84 bits per heavy atom. The van der Waals surface area contributed by atoms with Crippen LogP contribution in [0.25, 0.3) is 0 Å². The molecule has 5 saturated carbocycles. The largest absolute Gasteiger partial charge is 0.448 e. The predicted octanol–water partition coefficient (Wildman–Crippen LogP) is 6.21. The second-order valence-corrected chi connectivity index (χ2v) is 19.2. The molecule has 1 aromatic rings. The fourth-order valence-electron chi connectivity index (χ4n) is 14.3. The van der Waals surface area contributed by atoms with Gasteiger partial charge in [-0.25, -0.2) is 4.98 Å². The Morgan fingerprint density at radius 1 is 1.08 bits per heavy atom. The summed E-state index contributed by atoms with van der Waals surface area (Å²) in [7, 11) is 0. The summed E-state index contributed by atoms with van der Waals surface area (Å²) in [6, 6.07) is 0. The first-order valence-electron chi connectivity index (χ1n) is 19.7. The van der Waals surface area contributed by atoms with Crippen LogP contribution in [0.4, 0.5) is 0 Å². The number of fused-ring (bicyclic) bond motifs is 4. The van der Waals surface area contributed by atoms with E-state index in [9.17, 15) is 10.2 Å². The zero-order valence-corrected chi connectivity index (χ0v) is 31.5. The smallest absolute Gasteiger partial charge is 0.208 e. The Kier molecular flexibility index (Phi) is 8.36. The number of morpholine rings is 1. The highest BCUT2D eigenvalue weighted by Gasteiger charge is 2.84. The van der Waals surface area contributed by atoms with E-state index in [4.69, 9.17) is 23.4 Å². The molecule has 276 valence electrons. The van der Waals surface area contributed by atoms with Gasteiger partial charge in [-0.05, 0) is 117 Å². The van der Waals surface area contributed by atoms with Crippen LogP contribution in [-0.2, 0) is 25.5 Å². The maximum absolute atomic E-state index is 12.6. The van der Waals surface area contributed by atoms with Gasteiger partial charge in [0.1, 0.15) is 12.4 Å². The van der Waals surface area contributed by atoms with Crippen LogP contribution in [0.2, 0.25) is 0 Å². The molecule has 0 aromatic carbocycles. The molecule has 0 radical (unpaired) electrons. The van der Waals surface area contributed by atoms with Gasteiger partial charge < -0.3 is 33.6 Å². The third-order valence-corrected chi connectivity index (χ3v) is 16.4. The number of aromatic nitrogens is 1. The Balaban J connectivity index is 1.01. The third kappa shape index (κ3) is 4.91. The molecule has 9 nitrogen and oxygen atoms in total. The topological polar surface area (TPSA) is 107 Å². The first-order chi connectivity index (χ1) is 23.1. The van der Waals surface area contributed by atoms with Gasteiger partial charge in [-0.15, -0.1) is 0 Å². The number of aliphatic hydroxyl groups excluding tert-OH is 1. The Morgan fingerprint density at radius 3 is 2.55 bits per heavy atom. The second kappa shape index (κ2) is 11.7. The molecule has 2 aliphatic heterocycles. The van der Waals surface area contributed by atoms with Gasteiger partial charge in [0.2, 0.25) is 5.89 Å². The molecule has 0 amide bonds. The lowest BCUT2D eigenvalue weighted by atomic mass is 9.41. The molecule has 4 unspecified atom stereocenters. The summed E-state index contributed by atoms with van der Waals surface area (Å²) < 4.78 is 31.7. The lowest BCUT2D eigenvalue weighted by molar-refractivity contribution is -0.249. The highest BCUT2D eigenvalue weighted by atomic mass is 16.7. The van der Waals surface area contributed by atoms with Crippen molar-refractivity contribution in [1.29, 1.82) is 0 Å². The van der Waals surface area contributed by atoms with Gasteiger partial charge in [0, 0.05) is 18.6 Å². The predicted molar refractivity (Wildman–Crippen MR) is 184 cm³/mol. The number of hydrogen-bond donors (Lipinski definition) is 2. The van der Waals surface area contributed by atoms with E-state index >= 15 is 0 Å². The molecule has 2 N–H and O–H groups in total. The molecule has 49 heavy (non-hydrogen) atoms. The van der Waals surface area contributed by atoms with Crippen molar-refractivity contribution < 1.29 is 33.6 Å². The Labute approximate surface area is 294 Å². The molecule has 7 fully saturated rings. The molecule has 5 aliphatic carbocycles. The number of rotatable bonds is 8. The minimum absolute atomic E-state index is 0.00897. The van der Waals surface area contributed by atoms with E-state index < -0.39 is 17.8 Å². The van der Waals surface area contributed by atoms with Crippen molar-refractivity contribution in [2.24, 2.45) is 50.7 Å². The van der Waals surface area contributed by atoms with Crippen LogP contribution in [0.15, 0.2) is 16.9 Å². The molecule has 8 rings (SSSR count). The van der Waals surface area contributed by atoms with Crippen LogP contribution in [0.5, 0.6) is 0 Å². The summed E-state index contributed by atoms with van der Waals surface area (Å²) in [6.45, 7) is 21.4. The SMILES string of the molecule is CCO[C@@H](C1C[C@@H](C)[C@H]2C(O1)[C@H](O)[C@@]1(C)C3CC[C@H]4C(C)(C)[C@@H](O[C@H]5CN(Cc6ncco6)CCO5)CCC45C[C@@]35CC[C@]21C)C(C)(C)O. The fourth-order valence-corrected chi connectivity index (χ4v) is 14.3. The lowest BCUT2D eigenvalue weighted by Gasteiger charge is -2.64. The van der Waals surface area contributed by atoms with E-state index in [1.54, 1.807) is 12.5 Å². The van der Waals surface area contributed by atoms with Crippen molar-refractivity contribution >= 4 is 0 Å². The van der Waals surface area contributed by atoms with E-state index in [1.807, 2.05) is 20.8 Å². The molecule has 7 aliphatic rings. The standard InChI is InChI=1S/C40H64N2O7/c1-9-45-34(36(5,6)44)25-20-24(2)31-32(48-25)33(43)38(8)27-11-10-26-35(3,4)28(12-13-39(26)23-40(27,39)15-14-37(31,38)7)49-30-22-42(17-19-47-30)21-29-41-16-18-46-29/h16,18,24-28,30-34,43-44H,9-15,17,19-23H2,1-8H3/t24-,25?,26+,27?,28+,30+,31+,32?,33+,34+,37-,38-,39?,40+/m1/s1. The fraction of sp³-hybridized carbons (Fsp3) is 0.925. The number of hydrogen-bond acceptors (Lipinski definition) is 9. The zero-order valence-electron chi connectivity index (χ0n) is 31.5. The van der Waals surface area contributed by atoms with E-state index in [-0.39, 0.29) is 40.8 Å². The Bertz CT molecular complexity index is 1360. The summed E-state index contributed by atoms with van der Waals surface area (Å²) in [5.41, 5.74) is -0.560. The molecule has 2 saturated heterocycles. The molecule has 1 aromatic heterocycles. The van der Waals surface area contributed by atoms with Gasteiger partial charge in [0.15, 0.2) is 6.29 Å². The summed E-state index contributed by atoms with van der Waals surface area (Å²) in [5.74, 6) is 2.52. The van der Waals surface area contributed by atoms with Crippen molar-refractivity contribution in [2.75, 3.05) is 26.3 Å². The minimum Gasteiger partial charge on any atom is -0.448 e. The van der Waals surface area contributed by atoms with Gasteiger partial charge in [-0.2, -0.15) is 0 Å². The maximum atomic E-state index is 12.6. The molecule has 9 heteroatoms. The first kappa shape index (κ1) is 35.0. The number of oxazole rings is 1. The van der Waals surface area contributed by atoms with Crippen LogP contribution in [0, 0.1) is 50.7 Å². The van der Waals surface area contributed by atoms with Crippen LogP contribution in [0.1, 0.15) is 113 Å². The van der Waals surface area contributed by atoms with Gasteiger partial charge in [-0.1, -0.05) is 34.6 Å². The average molecular weight is 685 g/mol. The van der Waals surface area contributed by atoms with E-state index in [0.29, 0.717) is 54.3 Å². The number of ether oxygens (including phenoxy) is 4. The highest BCUT2D eigenvalue weighted by Crippen LogP contribution is 2.89. The van der Waals surface area contributed by atoms with Crippen molar-refractivity contribution in [1.82, 2.24) is 9.88 Å². The van der Waals surface area contributed by atoms with Crippen molar-refractivity contribution in [3.63, 3.8) is 0 Å². The van der Waals surface area contributed by atoms with Crippen LogP contribution >= 0.6 is 0 Å². The maximum Gasteiger partial charge on any atom is 0.208 e. The highest BCUT2D eigenvalue weighted by molar-refractivity contribution is 5.33. The molecule has 2 spiro atoms. The normalized spacial score (nSPS) is 49.6. The van der Waals surface area contributed by atoms with E-state index in [2.05, 4.69) is 44.5 Å². The third-order valence-electron chi connectivity index (χ3n) is 16.4. The zero-order chi connectivity index (χ0) is 34.8. The summed E-state index contributed by atoms with van der Waals surface area (Å²) in [4.78, 5) is 6.65. The molecule has 14 atom stereocenters. The van der Waals surface area contributed by atoms with E-state index in [0.717, 1.165) is 44.7 Å². The first-order valence-corrected chi connectivity index (χ1v) is 19.7.